The van der Waals surface area contributed by atoms with E-state index in [2.05, 4.69) is 22.0 Å². The lowest BCUT2D eigenvalue weighted by molar-refractivity contribution is 0.196. The van der Waals surface area contributed by atoms with Crippen molar-refractivity contribution in [3.05, 3.63) is 23.8 Å². The van der Waals surface area contributed by atoms with Gasteiger partial charge in [0.25, 0.3) is 0 Å². The van der Waals surface area contributed by atoms with Crippen LogP contribution in [-0.4, -0.2) is 80.5 Å². The third-order valence-corrected chi connectivity index (χ3v) is 5.87. The first kappa shape index (κ1) is 22.7. The minimum Gasteiger partial charge on any atom is -0.493 e. The van der Waals surface area contributed by atoms with Crippen LogP contribution >= 0.6 is 0 Å². The molecule has 1 unspecified atom stereocenters. The molecule has 1 aromatic rings. The van der Waals surface area contributed by atoms with E-state index < -0.39 is 0 Å². The Morgan fingerprint density at radius 2 is 2.03 bits per heavy atom. The van der Waals surface area contributed by atoms with Gasteiger partial charge < -0.3 is 29.7 Å². The largest absolute Gasteiger partial charge is 0.493 e. The quantitative estimate of drug-likeness (QED) is 0.474. The van der Waals surface area contributed by atoms with E-state index in [9.17, 15) is 0 Å². The molecule has 0 amide bonds. The lowest BCUT2D eigenvalue weighted by Crippen LogP contribution is -2.41. The van der Waals surface area contributed by atoms with Gasteiger partial charge in [-0.15, -0.1) is 0 Å². The number of rotatable bonds is 9. The zero-order chi connectivity index (χ0) is 21.2. The molecule has 30 heavy (non-hydrogen) atoms. The Morgan fingerprint density at radius 3 is 2.77 bits per heavy atom. The number of guanidine groups is 1. The highest BCUT2D eigenvalue weighted by atomic mass is 16.5. The van der Waals surface area contributed by atoms with Gasteiger partial charge in [0.1, 0.15) is 6.61 Å². The van der Waals surface area contributed by atoms with E-state index in [4.69, 9.17) is 19.6 Å². The van der Waals surface area contributed by atoms with Crippen molar-refractivity contribution in [2.75, 3.05) is 59.6 Å². The molecule has 2 heterocycles. The molecule has 0 radical (unpaired) electrons. The Kier molecular flexibility index (Phi) is 9.08. The van der Waals surface area contributed by atoms with Crippen molar-refractivity contribution in [1.29, 1.82) is 0 Å². The van der Waals surface area contributed by atoms with Crippen LogP contribution in [-0.2, 0) is 6.54 Å². The zero-order valence-corrected chi connectivity index (χ0v) is 18.6. The van der Waals surface area contributed by atoms with Crippen LogP contribution in [0.2, 0.25) is 0 Å². The summed E-state index contributed by atoms with van der Waals surface area (Å²) in [5.41, 5.74) is 1.07. The lowest BCUT2D eigenvalue weighted by atomic mass is 10.1. The van der Waals surface area contributed by atoms with Gasteiger partial charge in [-0.2, -0.15) is 0 Å². The normalized spacial score (nSPS) is 20.4. The summed E-state index contributed by atoms with van der Waals surface area (Å²) in [5, 5.41) is 12.4. The predicted octanol–water partition coefficient (Wildman–Crippen LogP) is 2.34. The maximum atomic E-state index is 8.96. The van der Waals surface area contributed by atoms with Crippen LogP contribution in [0.1, 0.15) is 38.2 Å². The zero-order valence-electron chi connectivity index (χ0n) is 18.6. The summed E-state index contributed by atoms with van der Waals surface area (Å²) in [6, 6.07) is 5.85. The molecule has 7 nitrogen and oxygen atoms in total. The van der Waals surface area contributed by atoms with Crippen LogP contribution in [0, 0.1) is 5.92 Å². The number of methoxy groups -OCH3 is 1. The fourth-order valence-corrected chi connectivity index (χ4v) is 4.36. The first-order valence-corrected chi connectivity index (χ1v) is 11.4. The maximum absolute atomic E-state index is 8.96. The number of aliphatic hydroxyl groups excluding tert-OH is 1. The van der Waals surface area contributed by atoms with Gasteiger partial charge in [-0.1, -0.05) is 12.5 Å². The Balaban J connectivity index is 1.59. The van der Waals surface area contributed by atoms with Gasteiger partial charge in [0.05, 0.1) is 20.3 Å². The number of hydrogen-bond donors (Lipinski definition) is 2. The molecule has 168 valence electrons. The van der Waals surface area contributed by atoms with Crippen LogP contribution in [0.5, 0.6) is 11.5 Å². The van der Waals surface area contributed by atoms with Crippen LogP contribution in [0.3, 0.4) is 0 Å². The second kappa shape index (κ2) is 12.0. The van der Waals surface area contributed by atoms with Gasteiger partial charge >= 0.3 is 0 Å². The Labute approximate surface area is 181 Å². The molecule has 2 saturated heterocycles. The first-order valence-electron chi connectivity index (χ1n) is 11.4. The summed E-state index contributed by atoms with van der Waals surface area (Å²) in [4.78, 5) is 9.95. The van der Waals surface area contributed by atoms with Crippen molar-refractivity contribution >= 4 is 5.96 Å². The third-order valence-electron chi connectivity index (χ3n) is 5.87. The number of nitrogens with one attached hydrogen (secondary N) is 1. The van der Waals surface area contributed by atoms with E-state index >= 15 is 0 Å². The topological polar surface area (TPSA) is 69.6 Å². The molecule has 1 atom stereocenters. The Morgan fingerprint density at radius 1 is 1.20 bits per heavy atom. The van der Waals surface area contributed by atoms with Crippen molar-refractivity contribution in [3.63, 3.8) is 0 Å². The van der Waals surface area contributed by atoms with Crippen molar-refractivity contribution in [1.82, 2.24) is 15.1 Å². The molecule has 0 bridgehead atoms. The van der Waals surface area contributed by atoms with E-state index in [1.807, 2.05) is 18.2 Å². The molecule has 0 spiro atoms. The summed E-state index contributed by atoms with van der Waals surface area (Å²) >= 11 is 0. The number of benzene rings is 1. The van der Waals surface area contributed by atoms with Crippen LogP contribution in [0.15, 0.2) is 23.2 Å². The van der Waals surface area contributed by atoms with Crippen LogP contribution in [0.25, 0.3) is 0 Å². The van der Waals surface area contributed by atoms with E-state index in [1.165, 1.54) is 45.3 Å². The van der Waals surface area contributed by atoms with E-state index in [0.717, 1.165) is 37.1 Å². The molecule has 1 aromatic carbocycles. The summed E-state index contributed by atoms with van der Waals surface area (Å²) in [5.74, 6) is 3.04. The van der Waals surface area contributed by atoms with Gasteiger partial charge in [-0.05, 0) is 62.9 Å². The van der Waals surface area contributed by atoms with Gasteiger partial charge in [0.2, 0.25) is 0 Å². The second-order valence-corrected chi connectivity index (χ2v) is 8.19. The maximum Gasteiger partial charge on any atom is 0.194 e. The van der Waals surface area contributed by atoms with Gasteiger partial charge in [-0.25, -0.2) is 4.99 Å². The second-order valence-electron chi connectivity index (χ2n) is 8.19. The van der Waals surface area contributed by atoms with E-state index in [-0.39, 0.29) is 13.2 Å². The summed E-state index contributed by atoms with van der Waals surface area (Å²) in [7, 11) is 1.63. The van der Waals surface area contributed by atoms with Crippen molar-refractivity contribution in [2.45, 2.75) is 39.2 Å². The van der Waals surface area contributed by atoms with Crippen molar-refractivity contribution in [3.8, 4) is 11.5 Å². The number of aliphatic hydroxyl groups is 1. The highest BCUT2D eigenvalue weighted by Gasteiger charge is 2.27. The Hall–Kier alpha value is -1.99. The van der Waals surface area contributed by atoms with E-state index in [1.54, 1.807) is 7.11 Å². The molecule has 2 N–H and O–H groups in total. The number of nitrogens with zero attached hydrogens (tertiary/aromatic N) is 3. The predicted molar refractivity (Wildman–Crippen MR) is 120 cm³/mol. The molecule has 0 saturated carbocycles. The van der Waals surface area contributed by atoms with Crippen LogP contribution in [0.4, 0.5) is 0 Å². The number of ether oxygens (including phenoxy) is 2. The smallest absolute Gasteiger partial charge is 0.194 e. The molecule has 2 fully saturated rings. The lowest BCUT2D eigenvalue weighted by Gasteiger charge is -2.29. The molecular weight excluding hydrogens is 380 g/mol. The van der Waals surface area contributed by atoms with Gasteiger partial charge in [0, 0.05) is 26.2 Å². The molecule has 2 aliphatic rings. The van der Waals surface area contributed by atoms with Gasteiger partial charge in [-0.3, -0.25) is 0 Å². The summed E-state index contributed by atoms with van der Waals surface area (Å²) < 4.78 is 11.0. The molecule has 3 rings (SSSR count). The average molecular weight is 419 g/mol. The minimum absolute atomic E-state index is 0.0180. The van der Waals surface area contributed by atoms with Crippen molar-refractivity contribution in [2.24, 2.45) is 10.9 Å². The fraction of sp³-hybridized carbons (Fsp3) is 0.696. The number of hydrogen-bond acceptors (Lipinski definition) is 5. The molecule has 7 heteroatoms. The first-order chi connectivity index (χ1) is 14.7. The minimum atomic E-state index is -0.0180. The van der Waals surface area contributed by atoms with Gasteiger partial charge in [0.15, 0.2) is 17.5 Å². The summed E-state index contributed by atoms with van der Waals surface area (Å²) in [6.45, 7) is 9.73. The van der Waals surface area contributed by atoms with Crippen molar-refractivity contribution < 1.29 is 14.6 Å². The fourth-order valence-electron chi connectivity index (χ4n) is 4.36. The Bertz CT molecular complexity index is 676. The highest BCUT2D eigenvalue weighted by Crippen LogP contribution is 2.28. The highest BCUT2D eigenvalue weighted by molar-refractivity contribution is 5.80. The summed E-state index contributed by atoms with van der Waals surface area (Å²) in [6.07, 6.45) is 5.34. The third kappa shape index (κ3) is 6.51. The monoisotopic (exact) mass is 418 g/mol. The molecular formula is C23H38N4O3. The molecule has 2 aliphatic heterocycles. The standard InChI is InChI=1S/C23H38N4O3/c1-3-24-23(27-12-9-20(18-27)17-26-10-5-4-6-11-26)25-16-19-7-8-21(30-14-13-28)22(15-19)29-2/h7-8,15,20,28H,3-6,9-14,16-18H2,1-2H3,(H,24,25). The molecule has 0 aliphatic carbocycles. The molecule has 0 aromatic heterocycles. The average Bonchev–Trinajstić information content (AvgIpc) is 3.24. The number of likely N-dealkylation sites (tertiary alicyclic amines) is 2. The SMILES string of the molecule is CCNC(=NCc1ccc(OCCO)c(OC)c1)N1CCC(CN2CCCCC2)C1. The number of piperidine rings is 1. The number of aliphatic imine (C=N–C) groups is 1. The van der Waals surface area contributed by atoms with Crippen LogP contribution < -0.4 is 14.8 Å². The van der Waals surface area contributed by atoms with E-state index in [0.29, 0.717) is 18.0 Å².